The molecule has 0 unspecified atom stereocenters. The van der Waals surface area contributed by atoms with Crippen LogP contribution in [-0.4, -0.2) is 64.0 Å². The molecule has 159 valence electrons. The zero-order valence-corrected chi connectivity index (χ0v) is 20.1. The Balaban J connectivity index is -0.0000000515. The maximum absolute atomic E-state index is 7.50. The summed E-state index contributed by atoms with van der Waals surface area (Å²) >= 11 is 0. The zero-order chi connectivity index (χ0) is 21.1. The van der Waals surface area contributed by atoms with Crippen LogP contribution < -0.4 is 0 Å². The third kappa shape index (κ3) is 39.8. The fourth-order valence-electron chi connectivity index (χ4n) is 0.671. The molecule has 0 aliphatic carbocycles. The first kappa shape index (κ1) is 41.3. The molecule has 0 atom stereocenters. The second-order valence-electron chi connectivity index (χ2n) is 2.31. The van der Waals surface area contributed by atoms with E-state index in [1.165, 1.54) is 0 Å². The van der Waals surface area contributed by atoms with Gasteiger partial charge in [-0.1, -0.05) is 0 Å². The van der Waals surface area contributed by atoms with Crippen LogP contribution in [0, 0.1) is 13.3 Å². The van der Waals surface area contributed by atoms with E-state index in [9.17, 15) is 0 Å². The third-order valence-corrected chi connectivity index (χ3v) is 4.02. The smallest absolute Gasteiger partial charge is 0 e. The fraction of sp³-hybridized carbons (Fsp3) is 0.818. The first-order valence-electron chi connectivity index (χ1n) is 5.73. The maximum atomic E-state index is 7.50. The van der Waals surface area contributed by atoms with E-state index in [-0.39, 0.29) is 17.1 Å². The molecule has 26 heavy (non-hydrogen) atoms. The van der Waals surface area contributed by atoms with Crippen molar-refractivity contribution in [3.05, 3.63) is 13.3 Å². The first-order valence-corrected chi connectivity index (χ1v) is 9.01. The first-order chi connectivity index (χ1) is 12.0. The summed E-state index contributed by atoms with van der Waals surface area (Å²) in [7, 11) is 10.7. The van der Waals surface area contributed by atoms with E-state index in [0.717, 1.165) is 0 Å². The molecular formula is C11H27MnO11P3. The van der Waals surface area contributed by atoms with Crippen LogP contribution in [0.4, 0.5) is 0 Å². The number of rotatable bonds is 9. The summed E-state index contributed by atoms with van der Waals surface area (Å²) in [4.78, 5) is 0. The molecule has 1 radical (unpaired) electrons. The van der Waals surface area contributed by atoms with Gasteiger partial charge in [-0.15, -0.1) is 0 Å². The van der Waals surface area contributed by atoms with Crippen LogP contribution in [0.25, 0.3) is 0 Å². The minimum atomic E-state index is -1.05. The molecule has 0 aromatic heterocycles. The Bertz CT molecular complexity index is 189. The maximum Gasteiger partial charge on any atom is 0 e. The van der Waals surface area contributed by atoms with E-state index in [1.54, 1.807) is 64.0 Å². The van der Waals surface area contributed by atoms with Crippen LogP contribution in [-0.2, 0) is 67.1 Å². The Morgan fingerprint density at radius 1 is 0.385 bits per heavy atom. The van der Waals surface area contributed by atoms with Gasteiger partial charge in [-0.25, -0.2) is 0 Å². The van der Waals surface area contributed by atoms with E-state index in [4.69, 9.17) is 9.30 Å². The standard InChI is InChI=1S/3C3H9O3P.2CO.Mn/c3*1-4-7(5-2)6-3;2*1-2;/h3*1-3H3;;;. The molecule has 0 amide bonds. The topological polar surface area (TPSA) is 123 Å². The van der Waals surface area contributed by atoms with Crippen molar-refractivity contribution < 1.29 is 67.1 Å². The molecule has 0 aromatic carbocycles. The van der Waals surface area contributed by atoms with Crippen molar-refractivity contribution in [2.75, 3.05) is 64.0 Å². The van der Waals surface area contributed by atoms with E-state index in [0.29, 0.717) is 0 Å². The Morgan fingerprint density at radius 2 is 0.462 bits per heavy atom. The molecule has 0 spiro atoms. The van der Waals surface area contributed by atoms with Gasteiger partial charge in [-0.05, 0) is 0 Å². The van der Waals surface area contributed by atoms with Crippen molar-refractivity contribution in [3.63, 3.8) is 0 Å². The minimum absolute atomic E-state index is 0. The van der Waals surface area contributed by atoms with Gasteiger partial charge < -0.3 is 40.7 Å². The zero-order valence-electron chi connectivity index (χ0n) is 16.2. The molecule has 15 heteroatoms. The van der Waals surface area contributed by atoms with Crippen LogP contribution in [0.15, 0.2) is 0 Å². The molecule has 0 bridgehead atoms. The third-order valence-electron chi connectivity index (χ3n) is 1.34. The molecule has 0 N–H and O–H groups in total. The summed E-state index contributed by atoms with van der Waals surface area (Å²) < 4.78 is 57.0. The van der Waals surface area contributed by atoms with Gasteiger partial charge in [0.2, 0.25) is 0 Å². The predicted molar refractivity (Wildman–Crippen MR) is 91.7 cm³/mol. The van der Waals surface area contributed by atoms with Gasteiger partial charge in [0.25, 0.3) is 0 Å². The number of hydrogen-bond acceptors (Lipinski definition) is 9. The Hall–Kier alpha value is 0.929. The predicted octanol–water partition coefficient (Wildman–Crippen LogP) is 3.38. The minimum Gasteiger partial charge on any atom is 0 e. The molecule has 0 heterocycles. The van der Waals surface area contributed by atoms with Gasteiger partial charge in [0.05, 0.1) is 0 Å². The summed E-state index contributed by atoms with van der Waals surface area (Å²) in [5.41, 5.74) is 0. The Kier molecular flexibility index (Phi) is 71.5. The second kappa shape index (κ2) is 45.0. The van der Waals surface area contributed by atoms with E-state index >= 15 is 0 Å². The summed E-state index contributed by atoms with van der Waals surface area (Å²) in [5.74, 6) is 0. The molecular weight excluding hydrogens is 456 g/mol. The molecule has 0 rings (SSSR count). The van der Waals surface area contributed by atoms with Gasteiger partial charge in [-0.2, -0.15) is 0 Å². The summed E-state index contributed by atoms with van der Waals surface area (Å²) in [6, 6.07) is 0. The normalized spacial score (nSPS) is 8.46. The molecule has 0 saturated heterocycles. The monoisotopic (exact) mass is 483 g/mol. The van der Waals surface area contributed by atoms with Crippen molar-refractivity contribution in [2.45, 2.75) is 0 Å². The molecule has 0 aliphatic rings. The van der Waals surface area contributed by atoms with Gasteiger partial charge in [0.15, 0.2) is 0 Å². The Labute approximate surface area is 170 Å². The number of hydrogen-bond donors (Lipinski definition) is 0. The van der Waals surface area contributed by atoms with E-state index in [2.05, 4.69) is 54.0 Å². The summed E-state index contributed by atoms with van der Waals surface area (Å²) in [6.45, 7) is 9.00. The van der Waals surface area contributed by atoms with Crippen LogP contribution in [0.1, 0.15) is 0 Å². The summed E-state index contributed by atoms with van der Waals surface area (Å²) in [6.07, 6.45) is 0. The average Bonchev–Trinajstić information content (AvgIpc) is 2.70. The van der Waals surface area contributed by atoms with Crippen LogP contribution in [0.5, 0.6) is 0 Å². The van der Waals surface area contributed by atoms with Crippen LogP contribution >= 0.6 is 25.8 Å². The largest absolute Gasteiger partial charge is 0 e. The average molecular weight is 483 g/mol. The van der Waals surface area contributed by atoms with Gasteiger partial charge in [0, 0.05) is 81.1 Å². The van der Waals surface area contributed by atoms with Crippen molar-refractivity contribution >= 4 is 25.8 Å². The molecule has 11 nitrogen and oxygen atoms in total. The van der Waals surface area contributed by atoms with E-state index in [1.807, 2.05) is 0 Å². The van der Waals surface area contributed by atoms with Gasteiger partial charge in [0.1, 0.15) is 0 Å². The van der Waals surface area contributed by atoms with Crippen molar-refractivity contribution in [2.24, 2.45) is 0 Å². The second-order valence-corrected chi connectivity index (χ2v) is 6.94. The van der Waals surface area contributed by atoms with Crippen molar-refractivity contribution in [1.29, 1.82) is 0 Å². The summed E-state index contributed by atoms with van der Waals surface area (Å²) in [5, 5.41) is 0. The van der Waals surface area contributed by atoms with Crippen LogP contribution in [0.3, 0.4) is 0 Å². The van der Waals surface area contributed by atoms with Gasteiger partial charge >= 0.3 is 48.4 Å². The molecule has 0 saturated carbocycles. The molecule has 0 aliphatic heterocycles. The van der Waals surface area contributed by atoms with Gasteiger partial charge in [-0.3, -0.25) is 0 Å². The van der Waals surface area contributed by atoms with Crippen molar-refractivity contribution in [1.82, 2.24) is 0 Å². The quantitative estimate of drug-likeness (QED) is 0.210. The van der Waals surface area contributed by atoms with Crippen molar-refractivity contribution in [3.8, 4) is 0 Å². The Morgan fingerprint density at radius 3 is 0.462 bits per heavy atom. The van der Waals surface area contributed by atoms with Crippen LogP contribution in [0.2, 0.25) is 0 Å². The fourth-order valence-corrected chi connectivity index (χ4v) is 2.01. The molecule has 0 fully saturated rings. The SMILES string of the molecule is COP(OC)OC.COP(OC)OC.COP(OC)OC.[C-]#[O+].[C-]#[O+].[Mn]. The molecule has 0 aromatic rings. The van der Waals surface area contributed by atoms with E-state index < -0.39 is 25.8 Å².